The topological polar surface area (TPSA) is 64.2 Å². The van der Waals surface area contributed by atoms with E-state index in [2.05, 4.69) is 42.6 Å². The van der Waals surface area contributed by atoms with Gasteiger partial charge in [0.2, 0.25) is 5.91 Å². The molecular weight excluding hydrogens is 369 g/mol. The van der Waals surface area contributed by atoms with E-state index >= 15 is 0 Å². The third kappa shape index (κ3) is 4.50. The number of piperidine rings is 3. The van der Waals surface area contributed by atoms with Gasteiger partial charge in [-0.25, -0.2) is 9.07 Å². The zero-order valence-corrected chi connectivity index (χ0v) is 17.5. The number of nitrogens with zero attached hydrogens (tertiary/aromatic N) is 3. The molecule has 0 radical (unpaired) electrons. The van der Waals surface area contributed by atoms with Crippen LogP contribution in [0.4, 0.5) is 4.39 Å². The minimum absolute atomic E-state index is 0.00463. The lowest BCUT2D eigenvalue weighted by molar-refractivity contribution is -0.945. The zero-order chi connectivity index (χ0) is 20.6. The number of quaternary nitrogens is 1. The monoisotopic (exact) mass is 400 g/mol. The Morgan fingerprint density at radius 2 is 2.07 bits per heavy atom. The summed E-state index contributed by atoms with van der Waals surface area (Å²) in [6.45, 7) is 9.76. The lowest BCUT2D eigenvalue weighted by Gasteiger charge is -2.46. The molecule has 1 unspecified atom stereocenters. The summed E-state index contributed by atoms with van der Waals surface area (Å²) >= 11 is 0. The van der Waals surface area contributed by atoms with Gasteiger partial charge >= 0.3 is 0 Å². The molecule has 1 aromatic heterocycles. The van der Waals surface area contributed by atoms with E-state index in [1.807, 2.05) is 4.68 Å². The van der Waals surface area contributed by atoms with E-state index in [1.54, 1.807) is 12.1 Å². The number of hydrogen-bond acceptors (Lipinski definition) is 3. The molecule has 2 aromatic rings. The second-order valence-corrected chi connectivity index (χ2v) is 9.62. The summed E-state index contributed by atoms with van der Waals surface area (Å²) in [5.74, 6) is 0.368. The average Bonchev–Trinajstić information content (AvgIpc) is 3.17. The van der Waals surface area contributed by atoms with Crippen molar-refractivity contribution in [1.82, 2.24) is 20.3 Å². The van der Waals surface area contributed by atoms with Gasteiger partial charge < -0.3 is 10.2 Å². The minimum atomic E-state index is -0.255. The molecule has 0 saturated carbocycles. The smallest absolute Gasteiger partial charge is 0.229 e. The van der Waals surface area contributed by atoms with Crippen LogP contribution in [0.2, 0.25) is 0 Å². The number of carbonyl (C=O) groups is 1. The fourth-order valence-corrected chi connectivity index (χ4v) is 4.70. The molecule has 156 valence electrons. The Labute approximate surface area is 171 Å². The Morgan fingerprint density at radius 1 is 1.31 bits per heavy atom. The Balaban J connectivity index is 1.33. The molecule has 29 heavy (non-hydrogen) atoms. The van der Waals surface area contributed by atoms with Crippen molar-refractivity contribution in [2.24, 2.45) is 11.8 Å². The number of hydrogen-bond donors (Lipinski definition) is 2. The first-order chi connectivity index (χ1) is 13.8. The van der Waals surface area contributed by atoms with Crippen LogP contribution < -0.4 is 10.2 Å². The second kappa shape index (κ2) is 7.86. The maximum Gasteiger partial charge on any atom is 0.229 e. The van der Waals surface area contributed by atoms with Crippen LogP contribution in [0.1, 0.15) is 44.9 Å². The summed E-state index contributed by atoms with van der Waals surface area (Å²) < 4.78 is 15.0. The van der Waals surface area contributed by atoms with Crippen LogP contribution >= 0.6 is 0 Å². The molecule has 3 aliphatic rings. The molecule has 6 nitrogen and oxygen atoms in total. The van der Waals surface area contributed by atoms with Gasteiger partial charge in [0.15, 0.2) is 0 Å². The first-order valence-corrected chi connectivity index (χ1v) is 10.6. The molecule has 1 aromatic carbocycles. The number of benzene rings is 1. The highest BCUT2D eigenvalue weighted by molar-refractivity contribution is 5.79. The maximum absolute atomic E-state index is 13.0. The fourth-order valence-electron chi connectivity index (χ4n) is 4.70. The number of carbonyl (C=O) groups excluding carboxylic acids is 1. The number of nitrogens with one attached hydrogen (secondary N) is 2. The van der Waals surface area contributed by atoms with Crippen molar-refractivity contribution in [3.05, 3.63) is 47.5 Å². The summed E-state index contributed by atoms with van der Waals surface area (Å²) in [5.41, 5.74) is 1.94. The van der Waals surface area contributed by atoms with Crippen LogP contribution in [0, 0.1) is 17.7 Å². The Morgan fingerprint density at radius 3 is 2.69 bits per heavy atom. The van der Waals surface area contributed by atoms with Crippen molar-refractivity contribution >= 4 is 5.91 Å². The van der Waals surface area contributed by atoms with Crippen LogP contribution in [-0.2, 0) is 23.3 Å². The van der Waals surface area contributed by atoms with Crippen molar-refractivity contribution < 1.29 is 14.1 Å². The van der Waals surface area contributed by atoms with Crippen molar-refractivity contribution in [2.45, 2.75) is 58.2 Å². The highest BCUT2D eigenvalue weighted by Crippen LogP contribution is 2.28. The van der Waals surface area contributed by atoms with Crippen molar-refractivity contribution in [3.8, 4) is 0 Å². The molecule has 2 N–H and O–H groups in total. The summed E-state index contributed by atoms with van der Waals surface area (Å²) in [4.78, 5) is 14.3. The summed E-state index contributed by atoms with van der Waals surface area (Å²) in [6.07, 6.45) is 4.22. The van der Waals surface area contributed by atoms with Gasteiger partial charge in [-0.2, -0.15) is 0 Å². The lowest BCUT2D eigenvalue weighted by Crippen LogP contribution is -3.20. The molecule has 1 amide bonds. The molecule has 2 bridgehead atoms. The molecule has 3 fully saturated rings. The third-order valence-corrected chi connectivity index (χ3v) is 6.48. The molecule has 0 aliphatic carbocycles. The first kappa shape index (κ1) is 20.0. The molecule has 4 atom stereocenters. The Kier molecular flexibility index (Phi) is 5.42. The zero-order valence-electron chi connectivity index (χ0n) is 17.5. The quantitative estimate of drug-likeness (QED) is 0.796. The van der Waals surface area contributed by atoms with Crippen molar-refractivity contribution in [1.29, 1.82) is 0 Å². The summed E-state index contributed by atoms with van der Waals surface area (Å²) in [6, 6.07) is 6.79. The summed E-state index contributed by atoms with van der Waals surface area (Å²) in [7, 11) is 0. The highest BCUT2D eigenvalue weighted by atomic mass is 19.1. The van der Waals surface area contributed by atoms with E-state index < -0.39 is 0 Å². The largest absolute Gasteiger partial charge is 0.352 e. The number of halogens is 1. The second-order valence-electron chi connectivity index (χ2n) is 9.62. The Hall–Kier alpha value is -2.28. The number of aromatic nitrogens is 3. The lowest BCUT2D eigenvalue weighted by atomic mass is 9.75. The van der Waals surface area contributed by atoms with E-state index in [-0.39, 0.29) is 23.1 Å². The third-order valence-electron chi connectivity index (χ3n) is 6.48. The molecular formula is C22H31FN5O+. The molecule has 3 saturated heterocycles. The number of fused-ring (bicyclic) bond motifs is 3. The van der Waals surface area contributed by atoms with Gasteiger partial charge in [-0.15, -0.1) is 5.10 Å². The fraction of sp³-hybridized carbons (Fsp3) is 0.591. The van der Waals surface area contributed by atoms with Crippen LogP contribution in [-0.4, -0.2) is 40.0 Å². The van der Waals surface area contributed by atoms with E-state index in [4.69, 9.17) is 0 Å². The van der Waals surface area contributed by atoms with E-state index in [1.165, 1.54) is 17.0 Å². The van der Waals surface area contributed by atoms with E-state index in [9.17, 15) is 9.18 Å². The Bertz CT molecular complexity index is 857. The number of amides is 1. The van der Waals surface area contributed by atoms with Crippen LogP contribution in [0.3, 0.4) is 0 Å². The van der Waals surface area contributed by atoms with Gasteiger partial charge in [0.05, 0.1) is 31.2 Å². The van der Waals surface area contributed by atoms with Gasteiger partial charge in [-0.05, 0) is 23.6 Å². The van der Waals surface area contributed by atoms with Gasteiger partial charge in [-0.1, -0.05) is 38.1 Å². The SMILES string of the molecule is CC(C)(C)c1cn(C[C@H]2C[C@@H]3CC[NH+]2C[C@@H]3C(=O)NCc2ccc(F)cc2)nn1. The standard InChI is InChI=1S/C22H30FN5O/c1-22(2,3)20-14-28(26-25-20)12-18-10-16-8-9-27(18)13-19(16)21(29)24-11-15-4-6-17(23)7-5-15/h4-7,14,16,18-19H,8-13H2,1-3H3,(H,24,29)/p+1/t16-,18+,19-/m0/s1. The van der Waals surface area contributed by atoms with Gasteiger partial charge in [0.1, 0.15) is 11.9 Å². The normalized spacial score (nSPS) is 26.5. The van der Waals surface area contributed by atoms with Crippen LogP contribution in [0.15, 0.2) is 30.5 Å². The van der Waals surface area contributed by atoms with Crippen LogP contribution in [0.5, 0.6) is 0 Å². The molecule has 4 heterocycles. The predicted molar refractivity (Wildman–Crippen MR) is 108 cm³/mol. The summed E-state index contributed by atoms with van der Waals surface area (Å²) in [5, 5.41) is 11.7. The van der Waals surface area contributed by atoms with Gasteiger partial charge in [-0.3, -0.25) is 4.79 Å². The van der Waals surface area contributed by atoms with E-state index in [0.717, 1.165) is 43.7 Å². The number of rotatable bonds is 5. The molecule has 5 rings (SSSR count). The first-order valence-electron chi connectivity index (χ1n) is 10.6. The minimum Gasteiger partial charge on any atom is -0.352 e. The van der Waals surface area contributed by atoms with Crippen LogP contribution in [0.25, 0.3) is 0 Å². The maximum atomic E-state index is 13.0. The molecule has 3 aliphatic heterocycles. The molecule has 7 heteroatoms. The van der Waals surface area contributed by atoms with Gasteiger partial charge in [0.25, 0.3) is 0 Å². The molecule has 0 spiro atoms. The van der Waals surface area contributed by atoms with Gasteiger partial charge in [0, 0.05) is 31.0 Å². The van der Waals surface area contributed by atoms with Crippen molar-refractivity contribution in [3.63, 3.8) is 0 Å². The average molecular weight is 401 g/mol. The van der Waals surface area contributed by atoms with Crippen molar-refractivity contribution in [2.75, 3.05) is 13.1 Å². The predicted octanol–water partition coefficient (Wildman–Crippen LogP) is 1.32. The highest BCUT2D eigenvalue weighted by Gasteiger charge is 2.46. The van der Waals surface area contributed by atoms with E-state index in [0.29, 0.717) is 18.5 Å².